The number of benzene rings is 1. The van der Waals surface area contributed by atoms with Crippen LogP contribution in [-0.2, 0) is 0 Å². The van der Waals surface area contributed by atoms with E-state index >= 15 is 0 Å². The number of nitrogens with one attached hydrogen (secondary N) is 1. The van der Waals surface area contributed by atoms with Crippen LogP contribution in [-0.4, -0.2) is 24.0 Å². The third-order valence-corrected chi connectivity index (χ3v) is 2.57. The highest BCUT2D eigenvalue weighted by Gasteiger charge is 2.06. The Morgan fingerprint density at radius 3 is 2.70 bits per heavy atom. The Morgan fingerprint density at radius 2 is 1.95 bits per heavy atom. The lowest BCUT2D eigenvalue weighted by Crippen LogP contribution is -2.26. The van der Waals surface area contributed by atoms with Gasteiger partial charge in [0.1, 0.15) is 11.4 Å². The maximum Gasteiger partial charge on any atom is 0.269 e. The number of hydrogen-bond donors (Lipinski definition) is 1. The molecule has 1 amide bonds. The molecular formula is C15H15FN2O2. The number of amides is 1. The summed E-state index contributed by atoms with van der Waals surface area (Å²) < 4.78 is 18.3. The van der Waals surface area contributed by atoms with Gasteiger partial charge in [-0.15, -0.1) is 0 Å². The number of carbonyl (C=O) groups is 1. The number of ether oxygens (including phenoxy) is 1. The van der Waals surface area contributed by atoms with Crippen molar-refractivity contribution in [2.75, 3.05) is 13.2 Å². The fourth-order valence-corrected chi connectivity index (χ4v) is 1.61. The summed E-state index contributed by atoms with van der Waals surface area (Å²) in [6.45, 7) is 0.949. The lowest BCUT2D eigenvalue weighted by atomic mass is 10.3. The molecule has 0 atom stereocenters. The van der Waals surface area contributed by atoms with E-state index in [4.69, 9.17) is 4.74 Å². The van der Waals surface area contributed by atoms with Crippen molar-refractivity contribution in [2.45, 2.75) is 6.42 Å². The van der Waals surface area contributed by atoms with Crippen LogP contribution >= 0.6 is 0 Å². The number of rotatable bonds is 6. The zero-order valence-corrected chi connectivity index (χ0v) is 10.9. The molecule has 0 bridgehead atoms. The van der Waals surface area contributed by atoms with Gasteiger partial charge in [-0.3, -0.25) is 4.79 Å². The Balaban J connectivity index is 1.67. The third kappa shape index (κ3) is 4.35. The molecule has 0 unspecified atom stereocenters. The molecule has 1 aromatic heterocycles. The van der Waals surface area contributed by atoms with Gasteiger partial charge in [-0.05, 0) is 30.7 Å². The van der Waals surface area contributed by atoms with Crippen LogP contribution in [0.1, 0.15) is 16.9 Å². The van der Waals surface area contributed by atoms with Gasteiger partial charge in [0.15, 0.2) is 0 Å². The number of halogens is 1. The van der Waals surface area contributed by atoms with Crippen LogP contribution in [0.4, 0.5) is 4.39 Å². The molecule has 0 aliphatic heterocycles. The van der Waals surface area contributed by atoms with Gasteiger partial charge < -0.3 is 10.1 Å². The highest BCUT2D eigenvalue weighted by atomic mass is 19.1. The van der Waals surface area contributed by atoms with Crippen LogP contribution in [0.2, 0.25) is 0 Å². The molecular weight excluding hydrogens is 259 g/mol. The number of hydrogen-bond acceptors (Lipinski definition) is 3. The first-order valence-corrected chi connectivity index (χ1v) is 6.34. The summed E-state index contributed by atoms with van der Waals surface area (Å²) in [4.78, 5) is 15.2. The minimum Gasteiger partial charge on any atom is -0.494 e. The molecule has 104 valence electrons. The summed E-state index contributed by atoms with van der Waals surface area (Å²) >= 11 is 0. The van der Waals surface area contributed by atoms with E-state index in [2.05, 4.69) is 10.3 Å². The average molecular weight is 274 g/mol. The predicted molar refractivity (Wildman–Crippen MR) is 73.1 cm³/mol. The molecule has 2 rings (SSSR count). The molecule has 20 heavy (non-hydrogen) atoms. The first-order valence-electron chi connectivity index (χ1n) is 6.34. The van der Waals surface area contributed by atoms with Gasteiger partial charge in [-0.1, -0.05) is 24.3 Å². The first-order chi connectivity index (χ1) is 9.75. The zero-order chi connectivity index (χ0) is 14.2. The Hall–Kier alpha value is -2.43. The van der Waals surface area contributed by atoms with E-state index in [1.165, 1.54) is 18.2 Å². The fraction of sp³-hybridized carbons (Fsp3) is 0.200. The molecule has 0 aliphatic rings. The average Bonchev–Trinajstić information content (AvgIpc) is 2.48. The summed E-state index contributed by atoms with van der Waals surface area (Å²) in [5.74, 6) is -0.250. The van der Waals surface area contributed by atoms with E-state index in [0.29, 0.717) is 19.6 Å². The topological polar surface area (TPSA) is 51.2 Å². The van der Waals surface area contributed by atoms with Crippen molar-refractivity contribution >= 4 is 5.91 Å². The minimum absolute atomic E-state index is 0.0778. The summed E-state index contributed by atoms with van der Waals surface area (Å²) in [5, 5.41) is 2.66. The van der Waals surface area contributed by atoms with Gasteiger partial charge in [0, 0.05) is 6.54 Å². The third-order valence-electron chi connectivity index (χ3n) is 2.57. The van der Waals surface area contributed by atoms with Gasteiger partial charge in [-0.2, -0.15) is 4.39 Å². The van der Waals surface area contributed by atoms with Crippen molar-refractivity contribution in [1.29, 1.82) is 0 Å². The molecule has 0 aliphatic carbocycles. The molecule has 5 heteroatoms. The lowest BCUT2D eigenvalue weighted by molar-refractivity contribution is 0.0945. The molecule has 1 heterocycles. The summed E-state index contributed by atoms with van der Waals surface area (Å²) in [6.07, 6.45) is 0.663. The Morgan fingerprint density at radius 1 is 1.15 bits per heavy atom. The number of pyridine rings is 1. The summed E-state index contributed by atoms with van der Waals surface area (Å²) in [6, 6.07) is 13.6. The van der Waals surface area contributed by atoms with Crippen LogP contribution in [0.25, 0.3) is 0 Å². The van der Waals surface area contributed by atoms with E-state index < -0.39 is 5.95 Å². The Kier molecular flexibility index (Phi) is 5.06. The second-order valence-corrected chi connectivity index (χ2v) is 4.12. The monoisotopic (exact) mass is 274 g/mol. The summed E-state index contributed by atoms with van der Waals surface area (Å²) in [5.41, 5.74) is 0.0778. The predicted octanol–water partition coefficient (Wildman–Crippen LogP) is 2.42. The number of aromatic nitrogens is 1. The van der Waals surface area contributed by atoms with Crippen molar-refractivity contribution in [3.05, 3.63) is 60.2 Å². The SMILES string of the molecule is O=C(NCCCOc1ccccc1)c1cccc(F)n1. The summed E-state index contributed by atoms with van der Waals surface area (Å²) in [7, 11) is 0. The number of carbonyl (C=O) groups excluding carboxylic acids is 1. The molecule has 1 N–H and O–H groups in total. The smallest absolute Gasteiger partial charge is 0.269 e. The van der Waals surface area contributed by atoms with Crippen LogP contribution in [0, 0.1) is 5.95 Å². The molecule has 0 saturated heterocycles. The minimum atomic E-state index is -0.662. The highest BCUT2D eigenvalue weighted by molar-refractivity contribution is 5.92. The van der Waals surface area contributed by atoms with E-state index in [-0.39, 0.29) is 11.6 Å². The standard InChI is InChI=1S/C15H15FN2O2/c16-14-9-4-8-13(18-14)15(19)17-10-5-11-20-12-6-2-1-3-7-12/h1-4,6-9H,5,10-11H2,(H,17,19). The molecule has 0 saturated carbocycles. The van der Waals surface area contributed by atoms with Crippen LogP contribution in [0.3, 0.4) is 0 Å². The second kappa shape index (κ2) is 7.23. The number of nitrogens with zero attached hydrogens (tertiary/aromatic N) is 1. The van der Waals surface area contributed by atoms with Crippen molar-refractivity contribution in [3.63, 3.8) is 0 Å². The van der Waals surface area contributed by atoms with Gasteiger partial charge >= 0.3 is 0 Å². The molecule has 4 nitrogen and oxygen atoms in total. The van der Waals surface area contributed by atoms with Crippen LogP contribution in [0.15, 0.2) is 48.5 Å². The van der Waals surface area contributed by atoms with Gasteiger partial charge in [-0.25, -0.2) is 4.98 Å². The number of para-hydroxylation sites is 1. The molecule has 0 spiro atoms. The van der Waals surface area contributed by atoms with Gasteiger partial charge in [0.25, 0.3) is 5.91 Å². The normalized spacial score (nSPS) is 10.1. The van der Waals surface area contributed by atoms with E-state index in [1.54, 1.807) is 0 Å². The lowest BCUT2D eigenvalue weighted by Gasteiger charge is -2.07. The van der Waals surface area contributed by atoms with Crippen LogP contribution < -0.4 is 10.1 Å². The molecule has 0 radical (unpaired) electrons. The Labute approximate surface area is 116 Å². The molecule has 1 aromatic carbocycles. The van der Waals surface area contributed by atoms with Crippen LogP contribution in [0.5, 0.6) is 5.75 Å². The maximum atomic E-state index is 12.8. The van der Waals surface area contributed by atoms with E-state index in [1.807, 2.05) is 30.3 Å². The van der Waals surface area contributed by atoms with Gasteiger partial charge in [0.05, 0.1) is 6.61 Å². The van der Waals surface area contributed by atoms with E-state index in [9.17, 15) is 9.18 Å². The molecule has 0 fully saturated rings. The second-order valence-electron chi connectivity index (χ2n) is 4.12. The van der Waals surface area contributed by atoms with Crippen molar-refractivity contribution in [1.82, 2.24) is 10.3 Å². The molecule has 2 aromatic rings. The zero-order valence-electron chi connectivity index (χ0n) is 10.9. The first kappa shape index (κ1) is 14.0. The van der Waals surface area contributed by atoms with Crippen molar-refractivity contribution < 1.29 is 13.9 Å². The van der Waals surface area contributed by atoms with E-state index in [0.717, 1.165) is 5.75 Å². The maximum absolute atomic E-state index is 12.8. The highest BCUT2D eigenvalue weighted by Crippen LogP contribution is 2.08. The Bertz CT molecular complexity index is 561. The largest absolute Gasteiger partial charge is 0.494 e. The quantitative estimate of drug-likeness (QED) is 0.650. The fourth-order valence-electron chi connectivity index (χ4n) is 1.61. The van der Waals surface area contributed by atoms with Crippen molar-refractivity contribution in [2.24, 2.45) is 0 Å². The van der Waals surface area contributed by atoms with Gasteiger partial charge in [0.2, 0.25) is 5.95 Å². The van der Waals surface area contributed by atoms with Crippen molar-refractivity contribution in [3.8, 4) is 5.75 Å².